The van der Waals surface area contributed by atoms with Crippen LogP contribution in [0, 0.1) is 0 Å². The molecule has 0 amide bonds. The zero-order valence-corrected chi connectivity index (χ0v) is 15.5. The fraction of sp³-hybridized carbons (Fsp3) is 1.00. The maximum absolute atomic E-state index is 5.86. The fourth-order valence-electron chi connectivity index (χ4n) is 2.74. The summed E-state index contributed by atoms with van der Waals surface area (Å²) in [7, 11) is -1.36. The van der Waals surface area contributed by atoms with Crippen LogP contribution in [0.15, 0.2) is 0 Å². The van der Waals surface area contributed by atoms with Crippen molar-refractivity contribution < 1.29 is 8.85 Å². The van der Waals surface area contributed by atoms with Gasteiger partial charge < -0.3 is 12.7 Å². The van der Waals surface area contributed by atoms with E-state index >= 15 is 0 Å². The minimum Gasteiger partial charge on any atom is -0.387 e. The van der Waals surface area contributed by atoms with Gasteiger partial charge in [-0.1, -0.05) is 46.2 Å². The van der Waals surface area contributed by atoms with Crippen molar-refractivity contribution >= 4 is 25.2 Å². The van der Waals surface area contributed by atoms with E-state index in [4.69, 9.17) is 8.85 Å². The largest absolute Gasteiger partial charge is 0.413 e. The zero-order chi connectivity index (χ0) is 13.2. The summed E-state index contributed by atoms with van der Waals surface area (Å²) in [6, 6.07) is 0.995. The topological polar surface area (TPSA) is 21.7 Å². The van der Waals surface area contributed by atoms with Gasteiger partial charge in [-0.3, -0.25) is 0 Å². The molecule has 0 N–H and O–H groups in total. The van der Waals surface area contributed by atoms with Gasteiger partial charge in [0.2, 0.25) is 0 Å². The smallest absolute Gasteiger partial charge is 0.387 e. The first-order valence-electron chi connectivity index (χ1n) is 5.96. The van der Waals surface area contributed by atoms with Crippen molar-refractivity contribution in [1.29, 1.82) is 0 Å². The zero-order valence-electron chi connectivity index (χ0n) is 12.5. The Labute approximate surface area is 105 Å². The van der Waals surface area contributed by atoms with Crippen molar-refractivity contribution in [1.82, 2.24) is 3.90 Å². The maximum atomic E-state index is 5.86. The van der Waals surface area contributed by atoms with Gasteiger partial charge in [0.25, 0.3) is 0 Å². The molecule has 0 aliphatic rings. The summed E-state index contributed by atoms with van der Waals surface area (Å²) in [4.78, 5) is 0. The van der Waals surface area contributed by atoms with E-state index in [2.05, 4.69) is 50.1 Å². The Morgan fingerprint density at radius 3 is 1.19 bits per heavy atom. The lowest BCUT2D eigenvalue weighted by atomic mass is 11.0. The first-order valence-corrected chi connectivity index (χ1v) is 14.8. The Bertz CT molecular complexity index is 197. The second-order valence-corrected chi connectivity index (χ2v) is 20.5. The standard InChI is InChI=1S/C10H29NO2Si3/c1-10-16(12-2,13-3)11(14(4,5)6)15(7,8)9/h10H2,1-9H3. The van der Waals surface area contributed by atoms with Gasteiger partial charge in [0.15, 0.2) is 0 Å². The van der Waals surface area contributed by atoms with E-state index in [1.165, 1.54) is 0 Å². The second-order valence-electron chi connectivity index (χ2n) is 6.15. The molecule has 98 valence electrons. The summed E-state index contributed by atoms with van der Waals surface area (Å²) < 4.78 is 14.4. The van der Waals surface area contributed by atoms with Crippen LogP contribution in [-0.2, 0) is 8.85 Å². The van der Waals surface area contributed by atoms with E-state index in [0.29, 0.717) is 0 Å². The Morgan fingerprint density at radius 2 is 1.12 bits per heavy atom. The lowest BCUT2D eigenvalue weighted by Crippen LogP contribution is -2.73. The average molecular weight is 280 g/mol. The molecule has 0 bridgehead atoms. The molecule has 0 atom stereocenters. The third-order valence-corrected chi connectivity index (χ3v) is 18.4. The monoisotopic (exact) mass is 279 g/mol. The Hall–Kier alpha value is 0.531. The average Bonchev–Trinajstić information content (AvgIpc) is 2.10. The molecule has 0 aliphatic carbocycles. The molecule has 0 aromatic rings. The van der Waals surface area contributed by atoms with Gasteiger partial charge in [-0.05, 0) is 0 Å². The lowest BCUT2D eigenvalue weighted by Gasteiger charge is -2.51. The van der Waals surface area contributed by atoms with Crippen LogP contribution in [-0.4, -0.2) is 43.3 Å². The predicted molar refractivity (Wildman–Crippen MR) is 78.8 cm³/mol. The quantitative estimate of drug-likeness (QED) is 0.697. The van der Waals surface area contributed by atoms with Crippen LogP contribution in [0.25, 0.3) is 0 Å². The normalized spacial score (nSPS) is 14.6. The van der Waals surface area contributed by atoms with Crippen molar-refractivity contribution in [2.24, 2.45) is 0 Å². The van der Waals surface area contributed by atoms with Crippen LogP contribution in [0.4, 0.5) is 0 Å². The minimum atomic E-state index is -2.16. The highest BCUT2D eigenvalue weighted by molar-refractivity contribution is 7.01. The molecule has 0 radical (unpaired) electrons. The minimum absolute atomic E-state index is 0.995. The van der Waals surface area contributed by atoms with Crippen LogP contribution in [0.5, 0.6) is 0 Å². The molecule has 0 aromatic carbocycles. The lowest BCUT2D eigenvalue weighted by molar-refractivity contribution is 0.215. The van der Waals surface area contributed by atoms with Crippen molar-refractivity contribution in [3.8, 4) is 0 Å². The summed E-state index contributed by atoms with van der Waals surface area (Å²) in [5.41, 5.74) is 0. The molecule has 0 spiro atoms. The number of rotatable bonds is 6. The van der Waals surface area contributed by atoms with Crippen molar-refractivity contribution in [2.45, 2.75) is 52.2 Å². The Kier molecular flexibility index (Phi) is 5.63. The van der Waals surface area contributed by atoms with Gasteiger partial charge in [-0.15, -0.1) is 0 Å². The number of nitrogens with zero attached hydrogens (tertiary/aromatic N) is 1. The van der Waals surface area contributed by atoms with Gasteiger partial charge in [-0.25, -0.2) is 0 Å². The van der Waals surface area contributed by atoms with Gasteiger partial charge in [0, 0.05) is 20.3 Å². The number of hydrogen-bond donors (Lipinski definition) is 0. The SMILES string of the molecule is CC[Si](OC)(OC)N([Si](C)(C)C)[Si](C)(C)C. The number of hydrogen-bond acceptors (Lipinski definition) is 3. The highest BCUT2D eigenvalue weighted by Gasteiger charge is 2.52. The Morgan fingerprint density at radius 1 is 0.812 bits per heavy atom. The van der Waals surface area contributed by atoms with Crippen molar-refractivity contribution in [3.63, 3.8) is 0 Å². The predicted octanol–water partition coefficient (Wildman–Crippen LogP) is 3.21. The molecule has 3 nitrogen and oxygen atoms in total. The van der Waals surface area contributed by atoms with Crippen LogP contribution >= 0.6 is 0 Å². The molecule has 0 rings (SSSR count). The van der Waals surface area contributed by atoms with E-state index in [9.17, 15) is 0 Å². The van der Waals surface area contributed by atoms with Gasteiger partial charge in [0.05, 0.1) is 0 Å². The van der Waals surface area contributed by atoms with Gasteiger partial charge in [0.1, 0.15) is 16.5 Å². The van der Waals surface area contributed by atoms with Crippen LogP contribution in [0.3, 0.4) is 0 Å². The molecule has 16 heavy (non-hydrogen) atoms. The highest BCUT2D eigenvalue weighted by Crippen LogP contribution is 2.30. The van der Waals surface area contributed by atoms with E-state index in [1.54, 1.807) is 0 Å². The molecular formula is C10H29NO2Si3. The van der Waals surface area contributed by atoms with E-state index in [0.717, 1.165) is 6.04 Å². The van der Waals surface area contributed by atoms with Gasteiger partial charge >= 0.3 is 8.72 Å². The molecule has 0 aromatic heterocycles. The summed E-state index contributed by atoms with van der Waals surface area (Å²) in [6.07, 6.45) is 0. The Balaban J connectivity index is 5.49. The van der Waals surface area contributed by atoms with E-state index in [-0.39, 0.29) is 0 Å². The van der Waals surface area contributed by atoms with E-state index < -0.39 is 25.2 Å². The fourth-order valence-corrected chi connectivity index (χ4v) is 22.4. The maximum Gasteiger partial charge on any atom is 0.413 e. The molecule has 0 heterocycles. The molecule has 0 saturated heterocycles. The van der Waals surface area contributed by atoms with Crippen molar-refractivity contribution in [3.05, 3.63) is 0 Å². The second kappa shape index (κ2) is 5.45. The van der Waals surface area contributed by atoms with Crippen LogP contribution < -0.4 is 0 Å². The highest BCUT2D eigenvalue weighted by atomic mass is 28.5. The summed E-state index contributed by atoms with van der Waals surface area (Å²) in [6.45, 7) is 16.5. The first-order chi connectivity index (χ1) is 7.05. The van der Waals surface area contributed by atoms with E-state index in [1.807, 2.05) is 14.2 Å². The molecular weight excluding hydrogens is 250 g/mol. The molecule has 6 heteroatoms. The third kappa shape index (κ3) is 3.51. The summed E-state index contributed by atoms with van der Waals surface area (Å²) in [5.74, 6) is 0. The van der Waals surface area contributed by atoms with Crippen molar-refractivity contribution in [2.75, 3.05) is 14.2 Å². The first kappa shape index (κ1) is 16.5. The third-order valence-electron chi connectivity index (χ3n) is 2.77. The molecule has 0 saturated carbocycles. The van der Waals surface area contributed by atoms with Gasteiger partial charge in [-0.2, -0.15) is 0 Å². The van der Waals surface area contributed by atoms with Crippen LogP contribution in [0.1, 0.15) is 6.92 Å². The summed E-state index contributed by atoms with van der Waals surface area (Å²) >= 11 is 0. The molecule has 0 unspecified atom stereocenters. The molecule has 0 fully saturated rings. The summed E-state index contributed by atoms with van der Waals surface area (Å²) in [5, 5.41) is 0. The van der Waals surface area contributed by atoms with Crippen LogP contribution in [0.2, 0.25) is 45.3 Å². The molecule has 0 aliphatic heterocycles.